The monoisotopic (exact) mass is 340 g/mol. The van der Waals surface area contributed by atoms with Crippen LogP contribution in [0.25, 0.3) is 0 Å². The Kier molecular flexibility index (Phi) is 3.85. The number of hydrogen-bond donors (Lipinski definition) is 0. The van der Waals surface area contributed by atoms with Gasteiger partial charge < -0.3 is 4.74 Å². The maximum absolute atomic E-state index is 12.7. The van der Waals surface area contributed by atoms with Gasteiger partial charge in [-0.2, -0.15) is 4.31 Å². The standard InChI is InChI=1S/C14H16N2O6S/c1-9(17)22-13-4-2-3-12-14(13)15(12)23(20,21)11-7-5-10(6-8-11)16(18)19/h5-8,12-14H,2-4H2,1H3. The number of nitrogens with zero attached hydrogens (tertiary/aromatic N) is 2. The molecule has 124 valence electrons. The lowest BCUT2D eigenvalue weighted by atomic mass is 9.98. The van der Waals surface area contributed by atoms with Gasteiger partial charge in [0.15, 0.2) is 0 Å². The number of hydrogen-bond acceptors (Lipinski definition) is 6. The van der Waals surface area contributed by atoms with E-state index in [4.69, 9.17) is 4.74 Å². The molecule has 3 rings (SSSR count). The first-order valence-corrected chi connectivity index (χ1v) is 8.71. The van der Waals surface area contributed by atoms with Crippen LogP contribution in [0.1, 0.15) is 26.2 Å². The molecular formula is C14H16N2O6S. The van der Waals surface area contributed by atoms with Crippen molar-refractivity contribution in [3.8, 4) is 0 Å². The van der Waals surface area contributed by atoms with Crippen LogP contribution in [0.5, 0.6) is 0 Å². The van der Waals surface area contributed by atoms with E-state index in [9.17, 15) is 23.3 Å². The van der Waals surface area contributed by atoms with E-state index in [-0.39, 0.29) is 22.7 Å². The lowest BCUT2D eigenvalue weighted by Gasteiger charge is -2.19. The molecule has 0 spiro atoms. The Morgan fingerprint density at radius 1 is 1.30 bits per heavy atom. The summed E-state index contributed by atoms with van der Waals surface area (Å²) in [6.45, 7) is 1.31. The smallest absolute Gasteiger partial charge is 0.302 e. The van der Waals surface area contributed by atoms with Crippen LogP contribution in [-0.4, -0.2) is 41.8 Å². The van der Waals surface area contributed by atoms with Crippen LogP contribution in [0.3, 0.4) is 0 Å². The largest absolute Gasteiger partial charge is 0.461 e. The number of carbonyl (C=O) groups excluding carboxylic acids is 1. The van der Waals surface area contributed by atoms with Crippen LogP contribution < -0.4 is 0 Å². The van der Waals surface area contributed by atoms with Crippen LogP contribution in [0.4, 0.5) is 5.69 Å². The van der Waals surface area contributed by atoms with Gasteiger partial charge in [-0.15, -0.1) is 0 Å². The number of benzene rings is 1. The number of nitro benzene ring substituents is 1. The molecule has 0 bridgehead atoms. The Hall–Kier alpha value is -2.00. The molecule has 0 N–H and O–H groups in total. The highest BCUT2D eigenvalue weighted by Gasteiger charge is 2.61. The third kappa shape index (κ3) is 2.81. The van der Waals surface area contributed by atoms with E-state index >= 15 is 0 Å². The predicted molar refractivity (Wildman–Crippen MR) is 79.1 cm³/mol. The Bertz CT molecular complexity index is 745. The van der Waals surface area contributed by atoms with Crippen molar-refractivity contribution in [2.75, 3.05) is 0 Å². The van der Waals surface area contributed by atoms with Crippen LogP contribution in [0.2, 0.25) is 0 Å². The summed E-state index contributed by atoms with van der Waals surface area (Å²) in [6.07, 6.45) is 1.76. The summed E-state index contributed by atoms with van der Waals surface area (Å²) in [4.78, 5) is 21.2. The molecule has 0 aromatic heterocycles. The first-order valence-electron chi connectivity index (χ1n) is 7.27. The molecule has 1 saturated heterocycles. The summed E-state index contributed by atoms with van der Waals surface area (Å²) >= 11 is 0. The van der Waals surface area contributed by atoms with E-state index in [2.05, 4.69) is 0 Å². The van der Waals surface area contributed by atoms with Gasteiger partial charge in [-0.1, -0.05) is 0 Å². The zero-order valence-corrected chi connectivity index (χ0v) is 13.2. The van der Waals surface area contributed by atoms with Crippen molar-refractivity contribution in [1.82, 2.24) is 4.31 Å². The van der Waals surface area contributed by atoms with Gasteiger partial charge in [-0.05, 0) is 31.4 Å². The maximum atomic E-state index is 12.7. The minimum atomic E-state index is -3.74. The van der Waals surface area contributed by atoms with Gasteiger partial charge in [0.25, 0.3) is 5.69 Å². The van der Waals surface area contributed by atoms with Crippen molar-refractivity contribution in [1.29, 1.82) is 0 Å². The molecule has 0 radical (unpaired) electrons. The fourth-order valence-corrected chi connectivity index (χ4v) is 5.08. The average Bonchev–Trinajstić information content (AvgIpc) is 3.23. The van der Waals surface area contributed by atoms with Gasteiger partial charge in [0.1, 0.15) is 6.10 Å². The molecule has 2 aliphatic rings. The molecule has 1 heterocycles. The Morgan fingerprint density at radius 3 is 2.52 bits per heavy atom. The molecule has 1 aromatic rings. The molecule has 2 fully saturated rings. The normalized spacial score (nSPS) is 29.4. The van der Waals surface area contributed by atoms with Gasteiger partial charge in [0.2, 0.25) is 10.0 Å². The zero-order valence-electron chi connectivity index (χ0n) is 12.4. The zero-order chi connectivity index (χ0) is 16.8. The van der Waals surface area contributed by atoms with Crippen molar-refractivity contribution < 1.29 is 22.9 Å². The van der Waals surface area contributed by atoms with Crippen LogP contribution >= 0.6 is 0 Å². The first kappa shape index (κ1) is 15.9. The van der Waals surface area contributed by atoms with Gasteiger partial charge in [-0.25, -0.2) is 8.42 Å². The van der Waals surface area contributed by atoms with Gasteiger partial charge in [-0.3, -0.25) is 14.9 Å². The average molecular weight is 340 g/mol. The second-order valence-electron chi connectivity index (χ2n) is 5.72. The second kappa shape index (κ2) is 5.57. The third-order valence-electron chi connectivity index (χ3n) is 4.23. The quantitative estimate of drug-likeness (QED) is 0.355. The summed E-state index contributed by atoms with van der Waals surface area (Å²) in [5, 5.41) is 10.7. The molecule has 1 aliphatic carbocycles. The molecule has 4 atom stereocenters. The maximum Gasteiger partial charge on any atom is 0.302 e. The number of non-ortho nitro benzene ring substituents is 1. The predicted octanol–water partition coefficient (Wildman–Crippen LogP) is 1.45. The Balaban J connectivity index is 1.83. The Morgan fingerprint density at radius 2 is 1.96 bits per heavy atom. The number of ether oxygens (including phenoxy) is 1. The number of nitro groups is 1. The van der Waals surface area contributed by atoms with E-state index in [1.807, 2.05) is 0 Å². The molecule has 1 aromatic carbocycles. The lowest BCUT2D eigenvalue weighted by molar-refractivity contribution is -0.384. The summed E-state index contributed by atoms with van der Waals surface area (Å²) < 4.78 is 32.0. The third-order valence-corrected chi connectivity index (χ3v) is 6.17. The molecule has 23 heavy (non-hydrogen) atoms. The minimum Gasteiger partial charge on any atom is -0.461 e. The topological polar surface area (TPSA) is 107 Å². The van der Waals surface area contributed by atoms with Crippen molar-refractivity contribution >= 4 is 21.7 Å². The van der Waals surface area contributed by atoms with Crippen LogP contribution in [0, 0.1) is 10.1 Å². The van der Waals surface area contributed by atoms with E-state index in [0.29, 0.717) is 6.42 Å². The second-order valence-corrected chi connectivity index (χ2v) is 7.57. The molecule has 1 aliphatic heterocycles. The Labute approximate surface area is 133 Å². The number of carbonyl (C=O) groups is 1. The number of sulfonamides is 1. The molecule has 1 saturated carbocycles. The molecule has 4 unspecified atom stereocenters. The van der Waals surface area contributed by atoms with E-state index in [0.717, 1.165) is 12.8 Å². The van der Waals surface area contributed by atoms with Crippen molar-refractivity contribution in [3.63, 3.8) is 0 Å². The molecular weight excluding hydrogens is 324 g/mol. The summed E-state index contributed by atoms with van der Waals surface area (Å²) in [5.41, 5.74) is -0.162. The van der Waals surface area contributed by atoms with E-state index < -0.39 is 27.0 Å². The first-order chi connectivity index (χ1) is 10.8. The molecule has 8 nitrogen and oxygen atoms in total. The lowest BCUT2D eigenvalue weighted by Crippen LogP contribution is -2.29. The summed E-state index contributed by atoms with van der Waals surface area (Å²) in [6, 6.07) is 4.32. The van der Waals surface area contributed by atoms with Crippen molar-refractivity contribution in [2.45, 2.75) is 49.3 Å². The molecule has 9 heteroatoms. The SMILES string of the molecule is CC(=O)OC1CCCC2C1N2S(=O)(=O)c1ccc([N+](=O)[O-])cc1. The van der Waals surface area contributed by atoms with E-state index in [1.54, 1.807) is 0 Å². The van der Waals surface area contributed by atoms with Crippen molar-refractivity contribution in [2.24, 2.45) is 0 Å². The van der Waals surface area contributed by atoms with Crippen LogP contribution in [-0.2, 0) is 19.6 Å². The fourth-order valence-electron chi connectivity index (χ4n) is 3.23. The summed E-state index contributed by atoms with van der Waals surface area (Å²) in [5.74, 6) is -0.421. The fraction of sp³-hybridized carbons (Fsp3) is 0.500. The molecule has 0 amide bonds. The summed E-state index contributed by atoms with van der Waals surface area (Å²) in [7, 11) is -3.74. The van der Waals surface area contributed by atoms with Gasteiger partial charge in [0.05, 0.1) is 15.9 Å². The minimum absolute atomic E-state index is 0.0130. The number of fused-ring (bicyclic) bond motifs is 1. The highest BCUT2D eigenvalue weighted by atomic mass is 32.2. The van der Waals surface area contributed by atoms with Crippen LogP contribution in [0.15, 0.2) is 29.2 Å². The number of esters is 1. The van der Waals surface area contributed by atoms with Crippen molar-refractivity contribution in [3.05, 3.63) is 34.4 Å². The van der Waals surface area contributed by atoms with Gasteiger partial charge in [0, 0.05) is 25.1 Å². The van der Waals surface area contributed by atoms with Gasteiger partial charge >= 0.3 is 5.97 Å². The highest BCUT2D eigenvalue weighted by molar-refractivity contribution is 7.89. The number of rotatable bonds is 4. The highest BCUT2D eigenvalue weighted by Crippen LogP contribution is 2.46. The van der Waals surface area contributed by atoms with E-state index in [1.165, 1.54) is 35.5 Å².